The maximum absolute atomic E-state index is 6.07. The van der Waals surface area contributed by atoms with E-state index < -0.39 is 0 Å². The van der Waals surface area contributed by atoms with Crippen molar-refractivity contribution in [1.82, 2.24) is 0 Å². The second kappa shape index (κ2) is 3.49. The first-order chi connectivity index (χ1) is 6.20. The van der Waals surface area contributed by atoms with E-state index in [1.165, 1.54) is 0 Å². The lowest BCUT2D eigenvalue weighted by Crippen LogP contribution is -2.18. The summed E-state index contributed by atoms with van der Waals surface area (Å²) in [5.74, 6) is 0. The van der Waals surface area contributed by atoms with Gasteiger partial charge in [-0.2, -0.15) is 0 Å². The van der Waals surface area contributed by atoms with Crippen molar-refractivity contribution >= 4 is 23.2 Å². The molecule has 1 aromatic rings. The van der Waals surface area contributed by atoms with E-state index in [-0.39, 0.29) is 6.04 Å². The molecule has 70 valence electrons. The van der Waals surface area contributed by atoms with Gasteiger partial charge in [-0.1, -0.05) is 23.2 Å². The highest BCUT2D eigenvalue weighted by Crippen LogP contribution is 2.37. The van der Waals surface area contributed by atoms with Crippen molar-refractivity contribution in [3.05, 3.63) is 33.3 Å². The summed E-state index contributed by atoms with van der Waals surface area (Å²) in [7, 11) is 0. The van der Waals surface area contributed by atoms with Crippen LogP contribution >= 0.6 is 23.2 Å². The van der Waals surface area contributed by atoms with E-state index in [0.29, 0.717) is 0 Å². The zero-order valence-electron chi connectivity index (χ0n) is 7.19. The summed E-state index contributed by atoms with van der Waals surface area (Å²) in [6, 6.07) is 3.74. The molecule has 0 saturated carbocycles. The lowest BCUT2D eigenvalue weighted by Gasteiger charge is -2.24. The molecular weight excluding hydrogens is 205 g/mol. The highest BCUT2D eigenvalue weighted by Gasteiger charge is 2.21. The first-order valence-electron chi connectivity index (χ1n) is 4.42. The van der Waals surface area contributed by atoms with Crippen molar-refractivity contribution in [3.63, 3.8) is 0 Å². The van der Waals surface area contributed by atoms with E-state index in [2.05, 4.69) is 0 Å². The third-order valence-electron chi connectivity index (χ3n) is 2.56. The number of hydrogen-bond donors (Lipinski definition) is 1. The van der Waals surface area contributed by atoms with E-state index in [4.69, 9.17) is 28.9 Å². The minimum atomic E-state index is 0.0648. The van der Waals surface area contributed by atoms with E-state index in [9.17, 15) is 0 Å². The summed E-state index contributed by atoms with van der Waals surface area (Å²) in [5, 5.41) is 1.56. The van der Waals surface area contributed by atoms with Gasteiger partial charge < -0.3 is 5.73 Å². The molecule has 0 bridgehead atoms. The van der Waals surface area contributed by atoms with Crippen LogP contribution < -0.4 is 5.73 Å². The Morgan fingerprint density at radius 2 is 1.92 bits per heavy atom. The largest absolute Gasteiger partial charge is 0.324 e. The van der Waals surface area contributed by atoms with E-state index in [1.54, 1.807) is 0 Å². The molecule has 13 heavy (non-hydrogen) atoms. The van der Waals surface area contributed by atoms with Gasteiger partial charge in [-0.15, -0.1) is 0 Å². The van der Waals surface area contributed by atoms with Crippen LogP contribution in [-0.4, -0.2) is 0 Å². The van der Waals surface area contributed by atoms with Gasteiger partial charge in [0.25, 0.3) is 0 Å². The van der Waals surface area contributed by atoms with Crippen LogP contribution in [0.5, 0.6) is 0 Å². The van der Waals surface area contributed by atoms with Gasteiger partial charge in [0, 0.05) is 16.1 Å². The molecule has 2 rings (SSSR count). The van der Waals surface area contributed by atoms with Gasteiger partial charge in [-0.3, -0.25) is 0 Å². The number of nitrogens with two attached hydrogens (primary N) is 1. The van der Waals surface area contributed by atoms with Gasteiger partial charge in [0.2, 0.25) is 0 Å². The average Bonchev–Trinajstić information content (AvgIpc) is 2.12. The summed E-state index contributed by atoms with van der Waals surface area (Å²) in [6.07, 6.45) is 3.11. The van der Waals surface area contributed by atoms with Gasteiger partial charge in [0.05, 0.1) is 0 Å². The molecule has 1 nitrogen and oxygen atoms in total. The Kier molecular flexibility index (Phi) is 2.50. The molecule has 1 aromatic carbocycles. The molecule has 1 aliphatic rings. The molecular formula is C10H11Cl2N. The Bertz CT molecular complexity index is 336. The van der Waals surface area contributed by atoms with Crippen molar-refractivity contribution in [2.45, 2.75) is 25.3 Å². The summed E-state index contributed by atoms with van der Waals surface area (Å²) < 4.78 is 0. The number of fused-ring (bicyclic) bond motifs is 1. The van der Waals surface area contributed by atoms with Gasteiger partial charge in [0.15, 0.2) is 0 Å². The standard InChI is InChI=1S/C10H11Cl2N/c11-7-4-5-8(12)10-6(7)2-1-3-9(10)13/h4-5,9H,1-3,13H2/t9-/m1/s1. The first-order valence-corrected chi connectivity index (χ1v) is 5.18. The molecule has 2 N–H and O–H groups in total. The van der Waals surface area contributed by atoms with Crippen LogP contribution in [0.2, 0.25) is 10.0 Å². The number of benzene rings is 1. The third-order valence-corrected chi connectivity index (χ3v) is 3.24. The quantitative estimate of drug-likeness (QED) is 0.707. The summed E-state index contributed by atoms with van der Waals surface area (Å²) in [4.78, 5) is 0. The number of halogens is 2. The highest BCUT2D eigenvalue weighted by molar-refractivity contribution is 6.34. The van der Waals surface area contributed by atoms with Crippen molar-refractivity contribution in [1.29, 1.82) is 0 Å². The van der Waals surface area contributed by atoms with Crippen molar-refractivity contribution in [2.24, 2.45) is 5.73 Å². The Labute approximate surface area is 87.8 Å². The average molecular weight is 216 g/mol. The van der Waals surface area contributed by atoms with Crippen molar-refractivity contribution in [2.75, 3.05) is 0 Å². The second-order valence-corrected chi connectivity index (χ2v) is 4.23. The predicted octanol–water partition coefficient (Wildman–Crippen LogP) is 3.33. The summed E-state index contributed by atoms with van der Waals surface area (Å²) >= 11 is 12.1. The molecule has 0 unspecified atom stereocenters. The fourth-order valence-electron chi connectivity index (χ4n) is 1.91. The van der Waals surface area contributed by atoms with Crippen LogP contribution in [0.3, 0.4) is 0 Å². The topological polar surface area (TPSA) is 26.0 Å². The molecule has 1 aliphatic carbocycles. The summed E-state index contributed by atoms with van der Waals surface area (Å²) in [6.45, 7) is 0. The lowest BCUT2D eigenvalue weighted by atomic mass is 9.88. The Morgan fingerprint density at radius 1 is 1.23 bits per heavy atom. The molecule has 0 aromatic heterocycles. The molecule has 0 radical (unpaired) electrons. The summed E-state index contributed by atoms with van der Waals surface area (Å²) in [5.41, 5.74) is 8.18. The fourth-order valence-corrected chi connectivity index (χ4v) is 2.48. The van der Waals surface area contributed by atoms with Gasteiger partial charge >= 0.3 is 0 Å². The van der Waals surface area contributed by atoms with Crippen LogP contribution in [0.15, 0.2) is 12.1 Å². The molecule has 0 aliphatic heterocycles. The van der Waals surface area contributed by atoms with Gasteiger partial charge in [-0.25, -0.2) is 0 Å². The van der Waals surface area contributed by atoms with Crippen LogP contribution in [0.1, 0.15) is 30.0 Å². The molecule has 0 fully saturated rings. The van der Waals surface area contributed by atoms with E-state index in [0.717, 1.165) is 40.4 Å². The lowest BCUT2D eigenvalue weighted by molar-refractivity contribution is 0.571. The molecule has 3 heteroatoms. The minimum absolute atomic E-state index is 0.0648. The zero-order valence-corrected chi connectivity index (χ0v) is 8.70. The van der Waals surface area contributed by atoms with Gasteiger partial charge in [-0.05, 0) is 42.5 Å². The SMILES string of the molecule is N[C@@H]1CCCc2c(Cl)ccc(Cl)c21. The van der Waals surface area contributed by atoms with Crippen molar-refractivity contribution in [3.8, 4) is 0 Å². The van der Waals surface area contributed by atoms with E-state index in [1.807, 2.05) is 12.1 Å². The molecule has 0 heterocycles. The fraction of sp³-hybridized carbons (Fsp3) is 0.400. The van der Waals surface area contributed by atoms with Gasteiger partial charge in [0.1, 0.15) is 0 Å². The van der Waals surface area contributed by atoms with Crippen molar-refractivity contribution < 1.29 is 0 Å². The third kappa shape index (κ3) is 1.56. The number of hydrogen-bond acceptors (Lipinski definition) is 1. The molecule has 1 atom stereocenters. The maximum Gasteiger partial charge on any atom is 0.0457 e. The van der Waals surface area contributed by atoms with Crippen LogP contribution in [-0.2, 0) is 6.42 Å². The highest BCUT2D eigenvalue weighted by atomic mass is 35.5. The van der Waals surface area contributed by atoms with E-state index >= 15 is 0 Å². The Hall–Kier alpha value is -0.240. The molecule has 0 amide bonds. The molecule has 0 saturated heterocycles. The smallest absolute Gasteiger partial charge is 0.0457 e. The molecule has 0 spiro atoms. The normalized spacial score (nSPS) is 21.3. The minimum Gasteiger partial charge on any atom is -0.324 e. The maximum atomic E-state index is 6.07. The second-order valence-electron chi connectivity index (χ2n) is 3.42. The first kappa shape index (κ1) is 9.32. The Morgan fingerprint density at radius 3 is 2.62 bits per heavy atom. The van der Waals surface area contributed by atoms with Crippen LogP contribution in [0.4, 0.5) is 0 Å². The van der Waals surface area contributed by atoms with Crippen LogP contribution in [0, 0.1) is 0 Å². The predicted molar refractivity (Wildman–Crippen MR) is 56.3 cm³/mol. The zero-order chi connectivity index (χ0) is 9.42. The monoisotopic (exact) mass is 215 g/mol. The van der Waals surface area contributed by atoms with Crippen LogP contribution in [0.25, 0.3) is 0 Å². The number of rotatable bonds is 0. The Balaban J connectivity index is 2.60.